The van der Waals surface area contributed by atoms with Crippen molar-refractivity contribution in [2.45, 2.75) is 59.2 Å². The van der Waals surface area contributed by atoms with Gasteiger partial charge in [0, 0.05) is 32.7 Å². The average Bonchev–Trinajstić information content (AvgIpc) is 2.76. The van der Waals surface area contributed by atoms with Crippen LogP contribution in [0.5, 0.6) is 5.75 Å². The molecule has 0 aliphatic rings. The van der Waals surface area contributed by atoms with Crippen LogP contribution in [0.25, 0.3) is 0 Å². The zero-order valence-electron chi connectivity index (χ0n) is 18.8. The topological polar surface area (TPSA) is 58.6 Å². The van der Waals surface area contributed by atoms with E-state index in [4.69, 9.17) is 27.9 Å². The van der Waals surface area contributed by atoms with Crippen molar-refractivity contribution in [3.05, 3.63) is 62.0 Å². The summed E-state index contributed by atoms with van der Waals surface area (Å²) < 4.78 is 6.71. The standard InChI is InChI=1S/C24H29BrCl2N2O3/c1-5-16(4)28-24(31)22(6-2)29(13-18-20(26)8-7-9-21(18)27)23(30)14-32-17-10-11-19(25)15(3)12-17/h7-12,16,22H,5-6,13-14H2,1-4H3,(H,28,31)/t16-,22-/m1/s1. The second-order valence-corrected chi connectivity index (χ2v) is 9.33. The third kappa shape index (κ3) is 7.12. The first-order valence-electron chi connectivity index (χ1n) is 10.6. The number of aryl methyl sites for hydroxylation is 1. The predicted molar refractivity (Wildman–Crippen MR) is 133 cm³/mol. The predicted octanol–water partition coefficient (Wildman–Crippen LogP) is 6.17. The number of carbonyl (C=O) groups is 2. The third-order valence-electron chi connectivity index (χ3n) is 5.27. The molecular formula is C24H29BrCl2N2O3. The number of amides is 2. The van der Waals surface area contributed by atoms with Gasteiger partial charge in [-0.25, -0.2) is 0 Å². The Kier molecular flexibility index (Phi) is 10.3. The Hall–Kier alpha value is -1.76. The fourth-order valence-corrected chi connectivity index (χ4v) is 3.91. The van der Waals surface area contributed by atoms with Gasteiger partial charge in [0.1, 0.15) is 11.8 Å². The number of benzene rings is 2. The second kappa shape index (κ2) is 12.5. The van der Waals surface area contributed by atoms with Crippen molar-refractivity contribution < 1.29 is 14.3 Å². The quantitative estimate of drug-likeness (QED) is 0.390. The number of rotatable bonds is 10. The van der Waals surface area contributed by atoms with E-state index >= 15 is 0 Å². The number of nitrogens with one attached hydrogen (secondary N) is 1. The van der Waals surface area contributed by atoms with Crippen molar-refractivity contribution in [3.63, 3.8) is 0 Å². The van der Waals surface area contributed by atoms with E-state index < -0.39 is 6.04 Å². The molecule has 5 nitrogen and oxygen atoms in total. The molecule has 8 heteroatoms. The van der Waals surface area contributed by atoms with Crippen molar-refractivity contribution in [1.29, 1.82) is 0 Å². The molecule has 0 aliphatic carbocycles. The summed E-state index contributed by atoms with van der Waals surface area (Å²) in [5.74, 6) is 0.0393. The summed E-state index contributed by atoms with van der Waals surface area (Å²) in [4.78, 5) is 27.8. The van der Waals surface area contributed by atoms with Crippen LogP contribution >= 0.6 is 39.1 Å². The van der Waals surface area contributed by atoms with Crippen LogP contribution in [0.1, 0.15) is 44.7 Å². The summed E-state index contributed by atoms with van der Waals surface area (Å²) in [6, 6.07) is 9.99. The number of halogens is 3. The van der Waals surface area contributed by atoms with Gasteiger partial charge in [-0.1, -0.05) is 59.0 Å². The molecule has 32 heavy (non-hydrogen) atoms. The molecule has 0 heterocycles. The van der Waals surface area contributed by atoms with E-state index in [-0.39, 0.29) is 31.0 Å². The molecule has 2 amide bonds. The van der Waals surface area contributed by atoms with Gasteiger partial charge in [0.05, 0.1) is 0 Å². The Labute approximate surface area is 208 Å². The maximum Gasteiger partial charge on any atom is 0.261 e. The van der Waals surface area contributed by atoms with E-state index in [0.29, 0.717) is 27.8 Å². The van der Waals surface area contributed by atoms with Crippen molar-refractivity contribution in [2.75, 3.05) is 6.61 Å². The van der Waals surface area contributed by atoms with E-state index in [2.05, 4.69) is 21.2 Å². The molecule has 0 aliphatic heterocycles. The maximum atomic E-state index is 13.3. The molecule has 2 rings (SSSR count). The number of carbonyl (C=O) groups excluding carboxylic acids is 2. The van der Waals surface area contributed by atoms with Crippen LogP contribution < -0.4 is 10.1 Å². The van der Waals surface area contributed by atoms with Crippen LogP contribution in [0, 0.1) is 6.92 Å². The fraction of sp³-hybridized carbons (Fsp3) is 0.417. The van der Waals surface area contributed by atoms with Gasteiger partial charge >= 0.3 is 0 Å². The van der Waals surface area contributed by atoms with Gasteiger partial charge in [0.25, 0.3) is 5.91 Å². The summed E-state index contributed by atoms with van der Waals surface area (Å²) in [5.41, 5.74) is 1.59. The molecule has 0 aromatic heterocycles. The number of hydrogen-bond acceptors (Lipinski definition) is 3. The van der Waals surface area contributed by atoms with Gasteiger partial charge in [-0.05, 0) is 62.6 Å². The highest BCUT2D eigenvalue weighted by Crippen LogP contribution is 2.27. The largest absolute Gasteiger partial charge is 0.484 e. The van der Waals surface area contributed by atoms with E-state index in [1.54, 1.807) is 24.3 Å². The zero-order chi connectivity index (χ0) is 23.8. The van der Waals surface area contributed by atoms with Crippen molar-refractivity contribution in [2.24, 2.45) is 0 Å². The molecule has 0 fully saturated rings. The molecule has 0 saturated carbocycles. The lowest BCUT2D eigenvalue weighted by Gasteiger charge is -2.32. The van der Waals surface area contributed by atoms with Crippen LogP contribution in [-0.4, -0.2) is 35.4 Å². The van der Waals surface area contributed by atoms with Gasteiger partial charge in [-0.3, -0.25) is 9.59 Å². The summed E-state index contributed by atoms with van der Waals surface area (Å²) in [6.07, 6.45) is 1.23. The summed E-state index contributed by atoms with van der Waals surface area (Å²) in [7, 11) is 0. The molecule has 2 aromatic rings. The van der Waals surface area contributed by atoms with Crippen LogP contribution in [0.3, 0.4) is 0 Å². The van der Waals surface area contributed by atoms with Gasteiger partial charge in [0.15, 0.2) is 6.61 Å². The number of nitrogens with zero attached hydrogens (tertiary/aromatic N) is 1. The first-order chi connectivity index (χ1) is 15.2. The SMILES string of the molecule is CC[C@@H](C)NC(=O)[C@@H](CC)N(Cc1c(Cl)cccc1Cl)C(=O)COc1ccc(Br)c(C)c1. The van der Waals surface area contributed by atoms with Crippen LogP contribution in [0.2, 0.25) is 10.0 Å². The van der Waals surface area contributed by atoms with E-state index in [9.17, 15) is 9.59 Å². The Morgan fingerprint density at radius 2 is 1.78 bits per heavy atom. The van der Waals surface area contributed by atoms with Gasteiger partial charge in [-0.2, -0.15) is 0 Å². The minimum atomic E-state index is -0.681. The Morgan fingerprint density at radius 1 is 1.12 bits per heavy atom. The smallest absolute Gasteiger partial charge is 0.261 e. The van der Waals surface area contributed by atoms with Crippen molar-refractivity contribution in [1.82, 2.24) is 10.2 Å². The van der Waals surface area contributed by atoms with Crippen LogP contribution in [0.4, 0.5) is 0 Å². The van der Waals surface area contributed by atoms with E-state index in [0.717, 1.165) is 16.5 Å². The first-order valence-corrected chi connectivity index (χ1v) is 12.1. The Balaban J connectivity index is 2.29. The summed E-state index contributed by atoms with van der Waals surface area (Å²) in [5, 5.41) is 3.86. The highest BCUT2D eigenvalue weighted by atomic mass is 79.9. The minimum absolute atomic E-state index is 0.000561. The number of hydrogen-bond donors (Lipinski definition) is 1. The molecule has 0 unspecified atom stereocenters. The lowest BCUT2D eigenvalue weighted by molar-refractivity contribution is -0.143. The van der Waals surface area contributed by atoms with Crippen molar-refractivity contribution in [3.8, 4) is 5.75 Å². The van der Waals surface area contributed by atoms with Gasteiger partial charge in [-0.15, -0.1) is 0 Å². The minimum Gasteiger partial charge on any atom is -0.484 e. The van der Waals surface area contributed by atoms with Crippen LogP contribution in [-0.2, 0) is 16.1 Å². The monoisotopic (exact) mass is 542 g/mol. The summed E-state index contributed by atoms with van der Waals surface area (Å²) >= 11 is 16.2. The molecule has 0 spiro atoms. The molecule has 174 valence electrons. The highest BCUT2D eigenvalue weighted by molar-refractivity contribution is 9.10. The first kappa shape index (κ1) is 26.5. The number of ether oxygens (including phenoxy) is 1. The summed E-state index contributed by atoms with van der Waals surface area (Å²) in [6.45, 7) is 7.63. The fourth-order valence-electron chi connectivity index (χ4n) is 3.15. The van der Waals surface area contributed by atoms with Crippen molar-refractivity contribution >= 4 is 50.9 Å². The van der Waals surface area contributed by atoms with Gasteiger partial charge < -0.3 is 15.0 Å². The third-order valence-corrected chi connectivity index (χ3v) is 6.87. The maximum absolute atomic E-state index is 13.3. The Bertz CT molecular complexity index is 935. The molecule has 1 N–H and O–H groups in total. The molecule has 2 atom stereocenters. The van der Waals surface area contributed by atoms with E-state index in [1.165, 1.54) is 4.90 Å². The molecule has 0 radical (unpaired) electrons. The average molecular weight is 544 g/mol. The normalized spacial score (nSPS) is 12.7. The second-order valence-electron chi connectivity index (χ2n) is 7.66. The Morgan fingerprint density at radius 3 is 2.34 bits per heavy atom. The molecule has 0 bridgehead atoms. The lowest BCUT2D eigenvalue weighted by Crippen LogP contribution is -2.51. The van der Waals surface area contributed by atoms with E-state index in [1.807, 2.05) is 39.8 Å². The van der Waals surface area contributed by atoms with Crippen LogP contribution in [0.15, 0.2) is 40.9 Å². The molecular weight excluding hydrogens is 515 g/mol. The molecule has 2 aromatic carbocycles. The molecule has 0 saturated heterocycles. The lowest BCUT2D eigenvalue weighted by atomic mass is 10.1. The van der Waals surface area contributed by atoms with Gasteiger partial charge in [0.2, 0.25) is 5.91 Å². The zero-order valence-corrected chi connectivity index (χ0v) is 21.9. The highest BCUT2D eigenvalue weighted by Gasteiger charge is 2.30.